The Morgan fingerprint density at radius 1 is 1.58 bits per heavy atom. The zero-order valence-electron chi connectivity index (χ0n) is 11.0. The lowest BCUT2D eigenvalue weighted by atomic mass is 9.52. The highest BCUT2D eigenvalue weighted by Gasteiger charge is 2.52. The molecule has 1 aromatic rings. The molecule has 2 saturated carbocycles. The first-order valence-corrected chi connectivity index (χ1v) is 7.60. The van der Waals surface area contributed by atoms with Crippen molar-refractivity contribution < 1.29 is 4.79 Å². The number of carbonyl (C=O) groups is 1. The van der Waals surface area contributed by atoms with E-state index >= 15 is 0 Å². The maximum atomic E-state index is 12.2. The number of hydrogen-bond acceptors (Lipinski definition) is 3. The summed E-state index contributed by atoms with van der Waals surface area (Å²) in [6.07, 6.45) is 6.02. The standard InChI is InChI=1S/C13H19BrN4O/c1-2-18-10(7-16-12(18)14)11(19)17-9-5-13(6-9)3-8(15)4-13/h7-9H,2-6,15H2,1H3,(H,17,19). The lowest BCUT2D eigenvalue weighted by Crippen LogP contribution is -2.59. The molecule has 0 aromatic carbocycles. The van der Waals surface area contributed by atoms with Crippen LogP contribution in [0.25, 0.3) is 0 Å². The van der Waals surface area contributed by atoms with Crippen LogP contribution in [0.2, 0.25) is 0 Å². The molecular weight excluding hydrogens is 308 g/mol. The van der Waals surface area contributed by atoms with Gasteiger partial charge in [-0.25, -0.2) is 4.98 Å². The fraction of sp³-hybridized carbons (Fsp3) is 0.692. The van der Waals surface area contributed by atoms with E-state index in [1.54, 1.807) is 6.20 Å². The maximum Gasteiger partial charge on any atom is 0.269 e. The van der Waals surface area contributed by atoms with E-state index < -0.39 is 0 Å². The summed E-state index contributed by atoms with van der Waals surface area (Å²) in [6, 6.07) is 0.688. The Morgan fingerprint density at radius 2 is 2.26 bits per heavy atom. The van der Waals surface area contributed by atoms with Crippen LogP contribution in [-0.4, -0.2) is 27.5 Å². The number of aromatic nitrogens is 2. The number of amides is 1. The molecule has 1 heterocycles. The van der Waals surface area contributed by atoms with Gasteiger partial charge in [-0.3, -0.25) is 4.79 Å². The lowest BCUT2D eigenvalue weighted by molar-refractivity contribution is -0.0160. The van der Waals surface area contributed by atoms with Crippen molar-refractivity contribution >= 4 is 21.8 Å². The van der Waals surface area contributed by atoms with E-state index in [1.165, 1.54) is 0 Å². The zero-order valence-corrected chi connectivity index (χ0v) is 12.6. The van der Waals surface area contributed by atoms with Gasteiger partial charge in [0.2, 0.25) is 0 Å². The molecule has 0 saturated heterocycles. The van der Waals surface area contributed by atoms with Gasteiger partial charge in [-0.05, 0) is 54.0 Å². The molecule has 19 heavy (non-hydrogen) atoms. The van der Waals surface area contributed by atoms with E-state index in [1.807, 2.05) is 11.5 Å². The minimum absolute atomic E-state index is 0.0245. The highest BCUT2D eigenvalue weighted by molar-refractivity contribution is 9.10. The molecule has 104 valence electrons. The Morgan fingerprint density at radius 3 is 2.84 bits per heavy atom. The van der Waals surface area contributed by atoms with Gasteiger partial charge < -0.3 is 15.6 Å². The smallest absolute Gasteiger partial charge is 0.269 e. The first-order valence-electron chi connectivity index (χ1n) is 6.80. The van der Waals surface area contributed by atoms with Crippen molar-refractivity contribution in [3.8, 4) is 0 Å². The minimum atomic E-state index is -0.0245. The molecule has 3 N–H and O–H groups in total. The fourth-order valence-corrected chi connectivity index (χ4v) is 4.11. The Hall–Kier alpha value is -0.880. The van der Waals surface area contributed by atoms with Crippen LogP contribution in [0.3, 0.4) is 0 Å². The van der Waals surface area contributed by atoms with Crippen LogP contribution in [0, 0.1) is 5.41 Å². The molecule has 0 unspecified atom stereocenters. The van der Waals surface area contributed by atoms with Gasteiger partial charge >= 0.3 is 0 Å². The van der Waals surface area contributed by atoms with Crippen molar-refractivity contribution in [2.45, 2.75) is 51.2 Å². The van der Waals surface area contributed by atoms with E-state index in [-0.39, 0.29) is 5.91 Å². The summed E-state index contributed by atoms with van der Waals surface area (Å²) in [5.41, 5.74) is 6.91. The molecule has 1 amide bonds. The molecule has 2 aliphatic carbocycles. The predicted octanol–water partition coefficient (Wildman–Crippen LogP) is 1.67. The summed E-state index contributed by atoms with van der Waals surface area (Å²) in [5.74, 6) is -0.0245. The topological polar surface area (TPSA) is 72.9 Å². The highest BCUT2D eigenvalue weighted by Crippen LogP contribution is 2.55. The van der Waals surface area contributed by atoms with Gasteiger partial charge in [0, 0.05) is 18.6 Å². The van der Waals surface area contributed by atoms with Crippen LogP contribution in [0.1, 0.15) is 43.1 Å². The van der Waals surface area contributed by atoms with Crippen molar-refractivity contribution in [3.63, 3.8) is 0 Å². The van der Waals surface area contributed by atoms with Crippen LogP contribution in [0.5, 0.6) is 0 Å². The number of nitrogens with zero attached hydrogens (tertiary/aromatic N) is 2. The van der Waals surface area contributed by atoms with Gasteiger partial charge in [-0.1, -0.05) is 0 Å². The van der Waals surface area contributed by atoms with Crippen molar-refractivity contribution in [1.29, 1.82) is 0 Å². The van der Waals surface area contributed by atoms with Gasteiger partial charge in [0.1, 0.15) is 5.69 Å². The van der Waals surface area contributed by atoms with Gasteiger partial charge in [0.05, 0.1) is 6.20 Å². The largest absolute Gasteiger partial charge is 0.348 e. The number of imidazole rings is 1. The van der Waals surface area contributed by atoms with Crippen LogP contribution in [-0.2, 0) is 6.54 Å². The second-order valence-corrected chi connectivity index (χ2v) is 6.61. The maximum absolute atomic E-state index is 12.2. The molecule has 5 nitrogen and oxygen atoms in total. The SMILES string of the molecule is CCn1c(C(=O)NC2CC3(CC(N)C3)C2)cnc1Br. The third-order valence-electron chi connectivity index (χ3n) is 4.44. The van der Waals surface area contributed by atoms with Crippen molar-refractivity contribution in [2.24, 2.45) is 11.1 Å². The van der Waals surface area contributed by atoms with Crippen LogP contribution < -0.4 is 11.1 Å². The Balaban J connectivity index is 1.58. The van der Waals surface area contributed by atoms with E-state index in [2.05, 4.69) is 26.2 Å². The summed E-state index contributed by atoms with van der Waals surface area (Å²) in [7, 11) is 0. The van der Waals surface area contributed by atoms with E-state index in [0.29, 0.717) is 27.9 Å². The van der Waals surface area contributed by atoms with Crippen molar-refractivity contribution in [3.05, 3.63) is 16.6 Å². The number of hydrogen-bond donors (Lipinski definition) is 2. The zero-order chi connectivity index (χ0) is 13.6. The van der Waals surface area contributed by atoms with Crippen molar-refractivity contribution in [2.75, 3.05) is 0 Å². The van der Waals surface area contributed by atoms with Crippen LogP contribution in [0.4, 0.5) is 0 Å². The number of carbonyl (C=O) groups excluding carboxylic acids is 1. The molecule has 0 bridgehead atoms. The first-order chi connectivity index (χ1) is 9.03. The molecule has 1 spiro atoms. The van der Waals surface area contributed by atoms with Gasteiger partial charge in [-0.2, -0.15) is 0 Å². The lowest BCUT2D eigenvalue weighted by Gasteiger charge is -2.56. The molecule has 2 aliphatic rings. The van der Waals surface area contributed by atoms with E-state index in [4.69, 9.17) is 5.73 Å². The molecule has 0 atom stereocenters. The third kappa shape index (κ3) is 2.21. The number of nitrogens with one attached hydrogen (secondary N) is 1. The number of nitrogens with two attached hydrogens (primary N) is 1. The second kappa shape index (κ2) is 4.59. The van der Waals surface area contributed by atoms with Gasteiger partial charge in [0.15, 0.2) is 4.73 Å². The number of rotatable bonds is 3. The second-order valence-electron chi connectivity index (χ2n) is 5.90. The quantitative estimate of drug-likeness (QED) is 0.887. The highest BCUT2D eigenvalue weighted by atomic mass is 79.9. The Labute approximate surface area is 121 Å². The Kier molecular flexibility index (Phi) is 3.17. The van der Waals surface area contributed by atoms with Crippen LogP contribution in [0.15, 0.2) is 10.9 Å². The Bertz CT molecular complexity index is 499. The number of halogens is 1. The van der Waals surface area contributed by atoms with Crippen LogP contribution >= 0.6 is 15.9 Å². The van der Waals surface area contributed by atoms with E-state index in [0.717, 1.165) is 32.2 Å². The summed E-state index contributed by atoms with van der Waals surface area (Å²) >= 11 is 3.35. The molecule has 2 fully saturated rings. The average Bonchev–Trinajstić information content (AvgIpc) is 2.65. The summed E-state index contributed by atoms with van der Waals surface area (Å²) in [5, 5.41) is 3.10. The monoisotopic (exact) mass is 326 g/mol. The predicted molar refractivity (Wildman–Crippen MR) is 75.7 cm³/mol. The summed E-state index contributed by atoms with van der Waals surface area (Å²) in [4.78, 5) is 16.3. The molecule has 0 radical (unpaired) electrons. The molecule has 3 rings (SSSR count). The van der Waals surface area contributed by atoms with Gasteiger partial charge in [0.25, 0.3) is 5.91 Å². The van der Waals surface area contributed by atoms with Gasteiger partial charge in [-0.15, -0.1) is 0 Å². The molecule has 6 heteroatoms. The normalized spacial score (nSPS) is 32.8. The first kappa shape index (κ1) is 13.1. The minimum Gasteiger partial charge on any atom is -0.348 e. The van der Waals surface area contributed by atoms with E-state index in [9.17, 15) is 4.79 Å². The molecule has 1 aromatic heterocycles. The summed E-state index contributed by atoms with van der Waals surface area (Å²) in [6.45, 7) is 2.73. The third-order valence-corrected chi connectivity index (χ3v) is 5.07. The molecular formula is C13H19BrN4O. The average molecular weight is 327 g/mol. The summed E-state index contributed by atoms with van der Waals surface area (Å²) < 4.78 is 2.57. The fourth-order valence-electron chi connectivity index (χ4n) is 3.57. The molecule has 0 aliphatic heterocycles. The van der Waals surface area contributed by atoms with Crippen molar-refractivity contribution in [1.82, 2.24) is 14.9 Å².